The maximum absolute atomic E-state index is 13.7. The number of aliphatic hydroxyl groups excluding tert-OH is 1. The van der Waals surface area contributed by atoms with Gasteiger partial charge in [0.25, 0.3) is 5.91 Å². The molecule has 0 saturated carbocycles. The minimum Gasteiger partial charge on any atom is -0.493 e. The number of likely N-dealkylation sites (tertiary alicyclic amines) is 1. The molecule has 0 spiro atoms. The molecule has 3 atom stereocenters. The fraction of sp³-hybridized carbons (Fsp3) is 0.542. The lowest BCUT2D eigenvalue weighted by Gasteiger charge is -2.34. The van der Waals surface area contributed by atoms with Gasteiger partial charge in [-0.25, -0.2) is 0 Å². The average Bonchev–Trinajstić information content (AvgIpc) is 3.75. The molecule has 0 aliphatic carbocycles. The third kappa shape index (κ3) is 13.6. The zero-order valence-electron chi connectivity index (χ0n) is 38.0. The minimum absolute atomic E-state index is 0. The van der Waals surface area contributed by atoms with E-state index in [-0.39, 0.29) is 32.6 Å². The summed E-state index contributed by atoms with van der Waals surface area (Å²) in [5.74, 6) is 1.55. The number of hydrogen-bond donors (Lipinski definition) is 1. The summed E-state index contributed by atoms with van der Waals surface area (Å²) in [7, 11) is 5.13. The summed E-state index contributed by atoms with van der Waals surface area (Å²) in [6, 6.07) is 6.68. The highest BCUT2D eigenvalue weighted by Crippen LogP contribution is 2.43. The van der Waals surface area contributed by atoms with Crippen molar-refractivity contribution in [3.8, 4) is 23.0 Å². The highest BCUT2D eigenvalue weighted by molar-refractivity contribution is 6.02. The Labute approximate surface area is 357 Å². The first-order valence-electron chi connectivity index (χ1n) is 20.8. The van der Waals surface area contributed by atoms with Crippen LogP contribution < -0.4 is 28.7 Å². The Balaban J connectivity index is 0.00000313. The number of allylic oxidation sites excluding steroid dienone is 2. The Kier molecular flexibility index (Phi) is 24.9. The van der Waals surface area contributed by atoms with Gasteiger partial charge in [0.15, 0.2) is 35.5 Å². The molecule has 0 bridgehead atoms. The molecule has 11 heteroatoms. The first-order chi connectivity index (χ1) is 27.8. The van der Waals surface area contributed by atoms with E-state index in [1.165, 1.54) is 26.2 Å². The molecule has 2 aromatic rings. The van der Waals surface area contributed by atoms with Crippen molar-refractivity contribution in [3.63, 3.8) is 0 Å². The summed E-state index contributed by atoms with van der Waals surface area (Å²) in [6.45, 7) is 38.9. The van der Waals surface area contributed by atoms with Crippen LogP contribution in [0.15, 0.2) is 73.1 Å². The molecule has 2 saturated heterocycles. The summed E-state index contributed by atoms with van der Waals surface area (Å²) >= 11 is 0. The van der Waals surface area contributed by atoms with Crippen LogP contribution in [-0.4, -0.2) is 99.5 Å². The molecule has 5 rings (SSSR count). The average molecular weight is 823 g/mol. The van der Waals surface area contributed by atoms with E-state index in [1.807, 2.05) is 59.4 Å². The van der Waals surface area contributed by atoms with E-state index in [2.05, 4.69) is 52.1 Å². The van der Waals surface area contributed by atoms with Crippen LogP contribution in [0.3, 0.4) is 0 Å². The van der Waals surface area contributed by atoms with E-state index in [0.717, 1.165) is 30.5 Å². The molecule has 1 N–H and O–H groups in total. The van der Waals surface area contributed by atoms with Crippen molar-refractivity contribution in [1.82, 2.24) is 9.80 Å². The summed E-state index contributed by atoms with van der Waals surface area (Å²) in [5, 5.41) is 11.4. The fourth-order valence-corrected chi connectivity index (χ4v) is 6.91. The maximum Gasteiger partial charge on any atom is 0.256 e. The standard InChI is InChI=1S/C38H48N4O7.C3H8.3C2H6.CH4/c1-23(2)40(21-28-13-25(5)19-39(28)7)30-17-35(33(46-8)15-27(30)22-43)48-11-10-12-49-36-18-31-29(16-34(36)47-9)37(44)41-20-26(6)14-32(41)38(45)42(31)24(3)4;1-3-2;3*1-2;/h15-18,22,28,32,38,45H,1,3,5-6,10-14,19-21H2,2,4,7-9H3;3H2,1-2H3;3*1-2H3;1H4. The Morgan fingerprint density at radius 2 is 1.39 bits per heavy atom. The smallest absolute Gasteiger partial charge is 0.256 e. The van der Waals surface area contributed by atoms with Crippen LogP contribution >= 0.6 is 0 Å². The molecule has 3 heterocycles. The summed E-state index contributed by atoms with van der Waals surface area (Å²) in [4.78, 5) is 33.5. The van der Waals surface area contributed by atoms with Crippen molar-refractivity contribution in [2.24, 2.45) is 0 Å². The lowest BCUT2D eigenvalue weighted by Crippen LogP contribution is -2.47. The van der Waals surface area contributed by atoms with Crippen LogP contribution in [0.5, 0.6) is 23.0 Å². The van der Waals surface area contributed by atoms with Crippen molar-refractivity contribution < 1.29 is 33.6 Å². The number of likely N-dealkylation sites (N-methyl/N-ethyl adjacent to an activating group) is 1. The molecule has 0 aromatic heterocycles. The molecule has 332 valence electrons. The number of carbonyl (C=O) groups excluding carboxylic acids is 2. The van der Waals surface area contributed by atoms with Crippen molar-refractivity contribution in [3.05, 3.63) is 84.2 Å². The number of anilines is 2. The Morgan fingerprint density at radius 3 is 1.86 bits per heavy atom. The van der Waals surface area contributed by atoms with Gasteiger partial charge in [-0.15, -0.1) is 0 Å². The number of methoxy groups -OCH3 is 2. The zero-order chi connectivity index (χ0) is 44.3. The number of fused-ring (bicyclic) bond motifs is 2. The largest absolute Gasteiger partial charge is 0.493 e. The second-order valence-corrected chi connectivity index (χ2v) is 13.8. The van der Waals surface area contributed by atoms with Crippen LogP contribution in [0.1, 0.15) is 123 Å². The summed E-state index contributed by atoms with van der Waals surface area (Å²) < 4.78 is 23.6. The number of aldehydes is 1. The molecule has 0 radical (unpaired) electrons. The van der Waals surface area contributed by atoms with Crippen LogP contribution in [-0.2, 0) is 0 Å². The van der Waals surface area contributed by atoms with Gasteiger partial charge in [0.2, 0.25) is 0 Å². The van der Waals surface area contributed by atoms with Crippen molar-refractivity contribution in [2.75, 3.05) is 63.9 Å². The molecule has 3 aliphatic rings. The topological polar surface area (TPSA) is 104 Å². The molecule has 3 unspecified atom stereocenters. The van der Waals surface area contributed by atoms with Crippen LogP contribution in [0.4, 0.5) is 11.4 Å². The summed E-state index contributed by atoms with van der Waals surface area (Å²) in [6.07, 6.45) is 2.95. The van der Waals surface area contributed by atoms with Crippen LogP contribution in [0.25, 0.3) is 0 Å². The molecule has 2 fully saturated rings. The fourth-order valence-electron chi connectivity index (χ4n) is 6.91. The predicted octanol–water partition coefficient (Wildman–Crippen LogP) is 10.5. The molecular formula is C48H78N4O7. The van der Waals surface area contributed by atoms with E-state index in [1.54, 1.807) is 34.9 Å². The second kappa shape index (κ2) is 27.1. The minimum atomic E-state index is -0.999. The molecular weight excluding hydrogens is 745 g/mol. The van der Waals surface area contributed by atoms with Gasteiger partial charge in [-0.1, -0.05) is 107 Å². The zero-order valence-corrected chi connectivity index (χ0v) is 38.0. The van der Waals surface area contributed by atoms with Gasteiger partial charge in [-0.05, 0) is 45.9 Å². The van der Waals surface area contributed by atoms with Gasteiger partial charge >= 0.3 is 0 Å². The molecule has 59 heavy (non-hydrogen) atoms. The summed E-state index contributed by atoms with van der Waals surface area (Å²) in [5.41, 5.74) is 5.52. The highest BCUT2D eigenvalue weighted by Gasteiger charge is 2.44. The predicted molar refractivity (Wildman–Crippen MR) is 248 cm³/mol. The van der Waals surface area contributed by atoms with E-state index >= 15 is 0 Å². The maximum atomic E-state index is 13.7. The third-order valence-electron chi connectivity index (χ3n) is 9.35. The van der Waals surface area contributed by atoms with Crippen LogP contribution in [0, 0.1) is 0 Å². The lowest BCUT2D eigenvalue weighted by molar-refractivity contribution is 0.0530. The molecule has 3 aliphatic heterocycles. The normalized spacial score (nSPS) is 17.6. The number of nitrogens with zero attached hydrogens (tertiary/aromatic N) is 4. The SMILES string of the molecule is C.C=C1CC(CN(C(=C)C)c2cc(OCCCOc3cc4c(cc3OC)C(=O)N3CC(=C)CC3C(O)N4C(=C)C)c(OC)cc2C=O)N(C)C1.CC.CC.CC.CCC. The first-order valence-corrected chi connectivity index (χ1v) is 20.8. The number of amides is 1. The first kappa shape index (κ1) is 54.3. The lowest BCUT2D eigenvalue weighted by atomic mass is 10.1. The number of hydrogen-bond acceptors (Lipinski definition) is 10. The molecule has 1 amide bonds. The van der Waals surface area contributed by atoms with Crippen molar-refractivity contribution in [2.45, 2.75) is 121 Å². The van der Waals surface area contributed by atoms with Gasteiger partial charge in [0.1, 0.15) is 0 Å². The van der Waals surface area contributed by atoms with Crippen molar-refractivity contribution >= 4 is 23.6 Å². The molecule has 2 aromatic carbocycles. The van der Waals surface area contributed by atoms with Gasteiger partial charge in [0.05, 0.1) is 50.4 Å². The van der Waals surface area contributed by atoms with Gasteiger partial charge in [-0.3, -0.25) is 14.5 Å². The number of rotatable bonds is 14. The van der Waals surface area contributed by atoms with Crippen LogP contribution in [0.2, 0.25) is 0 Å². The van der Waals surface area contributed by atoms with Gasteiger partial charge < -0.3 is 38.8 Å². The second-order valence-electron chi connectivity index (χ2n) is 13.8. The number of ether oxygens (including phenoxy) is 4. The number of benzene rings is 2. The van der Waals surface area contributed by atoms with Gasteiger partial charge in [-0.2, -0.15) is 0 Å². The van der Waals surface area contributed by atoms with E-state index in [9.17, 15) is 14.7 Å². The Morgan fingerprint density at radius 1 is 0.864 bits per heavy atom. The molecule has 11 nitrogen and oxygen atoms in total. The Bertz CT molecular complexity index is 1690. The van der Waals surface area contributed by atoms with Crippen molar-refractivity contribution in [1.29, 1.82) is 0 Å². The number of carbonyl (C=O) groups is 2. The Hall–Kier alpha value is -4.74. The van der Waals surface area contributed by atoms with E-state index < -0.39 is 12.3 Å². The van der Waals surface area contributed by atoms with E-state index in [0.29, 0.717) is 77.1 Å². The third-order valence-corrected chi connectivity index (χ3v) is 9.35. The number of aliphatic hydroxyl groups is 1. The van der Waals surface area contributed by atoms with E-state index in [4.69, 9.17) is 18.9 Å². The monoisotopic (exact) mass is 823 g/mol. The van der Waals surface area contributed by atoms with Gasteiger partial charge in [0, 0.05) is 61.2 Å². The quantitative estimate of drug-likeness (QED) is 0.112. The highest BCUT2D eigenvalue weighted by atomic mass is 16.5.